The first-order chi connectivity index (χ1) is 6.18. The zero-order chi connectivity index (χ0) is 9.68. The van der Waals surface area contributed by atoms with Gasteiger partial charge in [-0.3, -0.25) is 0 Å². The topological polar surface area (TPSA) is 20.2 Å². The van der Waals surface area contributed by atoms with E-state index in [1.54, 1.807) is 6.92 Å². The summed E-state index contributed by atoms with van der Waals surface area (Å²) in [7, 11) is 0. The minimum atomic E-state index is -0.249. The van der Waals surface area contributed by atoms with Gasteiger partial charge in [-0.25, -0.2) is 0 Å². The molecule has 0 saturated carbocycles. The second-order valence-corrected chi connectivity index (χ2v) is 3.40. The van der Waals surface area contributed by atoms with E-state index in [2.05, 4.69) is 25.1 Å². The van der Waals surface area contributed by atoms with Crippen molar-refractivity contribution in [3.8, 4) is 0 Å². The highest BCUT2D eigenvalue weighted by Crippen LogP contribution is 2.06. The van der Waals surface area contributed by atoms with E-state index in [1.165, 1.54) is 11.1 Å². The first kappa shape index (κ1) is 10.0. The van der Waals surface area contributed by atoms with Gasteiger partial charge in [0, 0.05) is 0 Å². The van der Waals surface area contributed by atoms with Gasteiger partial charge in [-0.2, -0.15) is 0 Å². The molecule has 1 atom stereocenters. The molecule has 0 fully saturated rings. The van der Waals surface area contributed by atoms with Crippen molar-refractivity contribution < 1.29 is 5.11 Å². The van der Waals surface area contributed by atoms with Crippen molar-refractivity contribution in [1.82, 2.24) is 0 Å². The molecule has 1 aromatic carbocycles. The van der Waals surface area contributed by atoms with Gasteiger partial charge in [-0.1, -0.05) is 42.0 Å². The molecular formula is C12H16O. The highest BCUT2D eigenvalue weighted by Gasteiger charge is 1.90. The van der Waals surface area contributed by atoms with Crippen LogP contribution in [0.1, 0.15) is 24.5 Å². The third-order valence-electron chi connectivity index (χ3n) is 1.83. The second kappa shape index (κ2) is 4.83. The van der Waals surface area contributed by atoms with Crippen LogP contribution < -0.4 is 0 Å². The van der Waals surface area contributed by atoms with Crippen molar-refractivity contribution in [3.63, 3.8) is 0 Å². The lowest BCUT2D eigenvalue weighted by Gasteiger charge is -1.97. The number of benzene rings is 1. The van der Waals surface area contributed by atoms with E-state index in [1.807, 2.05) is 18.2 Å². The maximum absolute atomic E-state index is 9.03. The summed E-state index contributed by atoms with van der Waals surface area (Å²) in [6.45, 7) is 3.87. The highest BCUT2D eigenvalue weighted by atomic mass is 16.3. The molecule has 1 aromatic rings. The predicted octanol–water partition coefficient (Wildman–Crippen LogP) is 2.78. The number of hydrogen-bond donors (Lipinski definition) is 1. The molecule has 0 saturated heterocycles. The molecule has 0 aromatic heterocycles. The summed E-state index contributed by atoms with van der Waals surface area (Å²) >= 11 is 0. The van der Waals surface area contributed by atoms with Crippen LogP contribution in [0.3, 0.4) is 0 Å². The van der Waals surface area contributed by atoms with Crippen LogP contribution in [0.5, 0.6) is 0 Å². The summed E-state index contributed by atoms with van der Waals surface area (Å²) in [5, 5.41) is 9.03. The summed E-state index contributed by atoms with van der Waals surface area (Å²) < 4.78 is 0. The summed E-state index contributed by atoms with van der Waals surface area (Å²) in [5.74, 6) is 0. The van der Waals surface area contributed by atoms with Gasteiger partial charge in [-0.15, -0.1) is 0 Å². The average Bonchev–Trinajstić information content (AvgIpc) is 2.03. The first-order valence-electron chi connectivity index (χ1n) is 4.60. The van der Waals surface area contributed by atoms with Crippen molar-refractivity contribution in [1.29, 1.82) is 0 Å². The minimum Gasteiger partial charge on any atom is -0.393 e. The maximum Gasteiger partial charge on any atom is 0.0546 e. The lowest BCUT2D eigenvalue weighted by molar-refractivity contribution is 0.199. The molecule has 0 unspecified atom stereocenters. The van der Waals surface area contributed by atoms with Gasteiger partial charge in [0.2, 0.25) is 0 Å². The molecule has 0 aliphatic carbocycles. The molecule has 0 radical (unpaired) electrons. The summed E-state index contributed by atoms with van der Waals surface area (Å²) in [6, 6.07) is 8.30. The van der Waals surface area contributed by atoms with E-state index in [0.29, 0.717) is 6.42 Å². The number of aliphatic hydroxyl groups is 1. The van der Waals surface area contributed by atoms with Crippen molar-refractivity contribution in [2.45, 2.75) is 26.4 Å². The molecule has 1 rings (SSSR count). The zero-order valence-electron chi connectivity index (χ0n) is 8.20. The van der Waals surface area contributed by atoms with E-state index < -0.39 is 0 Å². The normalized spacial score (nSPS) is 13.5. The third-order valence-corrected chi connectivity index (χ3v) is 1.83. The van der Waals surface area contributed by atoms with Gasteiger partial charge in [0.05, 0.1) is 6.10 Å². The number of aliphatic hydroxyl groups excluding tert-OH is 1. The highest BCUT2D eigenvalue weighted by molar-refractivity contribution is 5.50. The molecule has 0 bridgehead atoms. The lowest BCUT2D eigenvalue weighted by Crippen LogP contribution is -1.95. The summed E-state index contributed by atoms with van der Waals surface area (Å²) in [6.07, 6.45) is 4.51. The molecule has 13 heavy (non-hydrogen) atoms. The largest absolute Gasteiger partial charge is 0.393 e. The monoisotopic (exact) mass is 176 g/mol. The van der Waals surface area contributed by atoms with Gasteiger partial charge in [0.15, 0.2) is 0 Å². The Kier molecular flexibility index (Phi) is 3.71. The fraction of sp³-hybridized carbons (Fsp3) is 0.333. The zero-order valence-corrected chi connectivity index (χ0v) is 8.20. The SMILES string of the molecule is Cc1cccc(/C=C/C[C@@H](C)O)c1. The fourth-order valence-electron chi connectivity index (χ4n) is 1.17. The molecule has 0 aliphatic rings. The van der Waals surface area contributed by atoms with Gasteiger partial charge < -0.3 is 5.11 Å². The van der Waals surface area contributed by atoms with Crippen molar-refractivity contribution >= 4 is 6.08 Å². The van der Waals surface area contributed by atoms with E-state index in [9.17, 15) is 0 Å². The quantitative estimate of drug-likeness (QED) is 0.750. The van der Waals surface area contributed by atoms with E-state index in [4.69, 9.17) is 5.11 Å². The minimum absolute atomic E-state index is 0.249. The molecule has 0 aliphatic heterocycles. The van der Waals surface area contributed by atoms with Gasteiger partial charge in [-0.05, 0) is 25.8 Å². The molecule has 70 valence electrons. The van der Waals surface area contributed by atoms with Gasteiger partial charge >= 0.3 is 0 Å². The predicted molar refractivity (Wildman–Crippen MR) is 56.5 cm³/mol. The Morgan fingerprint density at radius 3 is 2.85 bits per heavy atom. The van der Waals surface area contributed by atoms with Gasteiger partial charge in [0.25, 0.3) is 0 Å². The second-order valence-electron chi connectivity index (χ2n) is 3.40. The van der Waals surface area contributed by atoms with Gasteiger partial charge in [0.1, 0.15) is 0 Å². The Morgan fingerprint density at radius 2 is 2.23 bits per heavy atom. The lowest BCUT2D eigenvalue weighted by atomic mass is 10.1. The molecule has 0 spiro atoms. The molecule has 1 heteroatoms. The molecular weight excluding hydrogens is 160 g/mol. The molecule has 0 heterocycles. The average molecular weight is 176 g/mol. The van der Waals surface area contributed by atoms with Crippen LogP contribution in [0.4, 0.5) is 0 Å². The van der Waals surface area contributed by atoms with Crippen molar-refractivity contribution in [2.24, 2.45) is 0 Å². The Balaban J connectivity index is 2.58. The Labute approximate surface area is 79.7 Å². The van der Waals surface area contributed by atoms with Crippen LogP contribution >= 0.6 is 0 Å². The van der Waals surface area contributed by atoms with Crippen molar-refractivity contribution in [2.75, 3.05) is 0 Å². The standard InChI is InChI=1S/C12H16O/c1-10-5-3-7-12(9-10)8-4-6-11(2)13/h3-5,7-9,11,13H,6H2,1-2H3/b8-4+/t11-/m1/s1. The Morgan fingerprint density at radius 1 is 1.46 bits per heavy atom. The van der Waals surface area contributed by atoms with E-state index >= 15 is 0 Å². The van der Waals surface area contributed by atoms with Crippen LogP contribution in [0.15, 0.2) is 30.3 Å². The van der Waals surface area contributed by atoms with E-state index in [-0.39, 0.29) is 6.10 Å². The smallest absolute Gasteiger partial charge is 0.0546 e. The first-order valence-corrected chi connectivity index (χ1v) is 4.60. The number of rotatable bonds is 3. The van der Waals surface area contributed by atoms with Crippen LogP contribution in [0, 0.1) is 6.92 Å². The van der Waals surface area contributed by atoms with Crippen LogP contribution in [-0.2, 0) is 0 Å². The maximum atomic E-state index is 9.03. The molecule has 1 nitrogen and oxygen atoms in total. The molecule has 0 amide bonds. The Hall–Kier alpha value is -1.08. The summed E-state index contributed by atoms with van der Waals surface area (Å²) in [4.78, 5) is 0. The van der Waals surface area contributed by atoms with Crippen molar-refractivity contribution in [3.05, 3.63) is 41.5 Å². The summed E-state index contributed by atoms with van der Waals surface area (Å²) in [5.41, 5.74) is 2.46. The van der Waals surface area contributed by atoms with E-state index in [0.717, 1.165) is 0 Å². The fourth-order valence-corrected chi connectivity index (χ4v) is 1.17. The third kappa shape index (κ3) is 3.90. The number of aryl methyl sites for hydroxylation is 1. The van der Waals surface area contributed by atoms with Crippen LogP contribution in [-0.4, -0.2) is 11.2 Å². The van der Waals surface area contributed by atoms with Crippen LogP contribution in [0.2, 0.25) is 0 Å². The molecule has 1 N–H and O–H groups in total. The van der Waals surface area contributed by atoms with Crippen LogP contribution in [0.25, 0.3) is 6.08 Å². The number of hydrogen-bond acceptors (Lipinski definition) is 1. The Bertz CT molecular complexity index is 287.